The van der Waals surface area contributed by atoms with Crippen LogP contribution in [0.1, 0.15) is 52.8 Å². The van der Waals surface area contributed by atoms with Crippen LogP contribution in [-0.2, 0) is 14.4 Å². The van der Waals surface area contributed by atoms with Gasteiger partial charge in [0.25, 0.3) is 11.8 Å². The highest BCUT2D eigenvalue weighted by molar-refractivity contribution is 9.10. The maximum atomic E-state index is 14.7. The number of imide groups is 2. The molecule has 0 aliphatic carbocycles. The first-order valence-corrected chi connectivity index (χ1v) is 15.1. The minimum atomic E-state index is -1.10. The van der Waals surface area contributed by atoms with Gasteiger partial charge in [-0.15, -0.1) is 0 Å². The molecule has 4 aliphatic rings. The summed E-state index contributed by atoms with van der Waals surface area (Å²) in [6.45, 7) is 3.81. The van der Waals surface area contributed by atoms with Crippen molar-refractivity contribution in [3.05, 3.63) is 57.8 Å². The zero-order valence-corrected chi connectivity index (χ0v) is 24.6. The molecule has 0 spiro atoms. The van der Waals surface area contributed by atoms with E-state index in [1.807, 2.05) is 34.1 Å². The third-order valence-electron chi connectivity index (χ3n) is 8.71. The van der Waals surface area contributed by atoms with E-state index in [1.165, 1.54) is 6.07 Å². The first-order valence-electron chi connectivity index (χ1n) is 14.3. The summed E-state index contributed by atoms with van der Waals surface area (Å²) in [5.41, 5.74) is 1.33. The minimum Gasteiger partial charge on any atom is -0.371 e. The van der Waals surface area contributed by atoms with Crippen molar-refractivity contribution in [1.29, 1.82) is 0 Å². The monoisotopic (exact) mass is 639 g/mol. The summed E-state index contributed by atoms with van der Waals surface area (Å²) >= 11 is 3.47. The van der Waals surface area contributed by atoms with E-state index in [2.05, 4.69) is 26.1 Å². The van der Waals surface area contributed by atoms with Gasteiger partial charge in [-0.25, -0.2) is 4.39 Å². The molecule has 4 aliphatic heterocycles. The summed E-state index contributed by atoms with van der Waals surface area (Å²) in [4.78, 5) is 70.3. The maximum absolute atomic E-state index is 14.7. The highest BCUT2D eigenvalue weighted by Crippen LogP contribution is 2.37. The van der Waals surface area contributed by atoms with E-state index in [1.54, 1.807) is 0 Å². The molecule has 0 saturated carbocycles. The number of fused-ring (bicyclic) bond motifs is 1. The van der Waals surface area contributed by atoms with E-state index in [9.17, 15) is 28.4 Å². The third kappa shape index (κ3) is 5.45. The highest BCUT2D eigenvalue weighted by Gasteiger charge is 2.46. The molecule has 5 amide bonds. The highest BCUT2D eigenvalue weighted by atomic mass is 79.9. The molecular weight excluding hydrogens is 609 g/mol. The van der Waals surface area contributed by atoms with Crippen molar-refractivity contribution in [2.24, 2.45) is 5.92 Å². The Morgan fingerprint density at radius 2 is 1.71 bits per heavy atom. The minimum absolute atomic E-state index is 0.0212. The molecule has 12 heteroatoms. The van der Waals surface area contributed by atoms with Gasteiger partial charge in [0.15, 0.2) is 0 Å². The average Bonchev–Trinajstić information content (AvgIpc) is 3.21. The lowest BCUT2D eigenvalue weighted by molar-refractivity contribution is -0.136. The summed E-state index contributed by atoms with van der Waals surface area (Å²) < 4.78 is 15.6. The van der Waals surface area contributed by atoms with Gasteiger partial charge in [-0.1, -0.05) is 22.0 Å². The number of halogens is 2. The van der Waals surface area contributed by atoms with Crippen LogP contribution in [0.3, 0.4) is 0 Å². The van der Waals surface area contributed by atoms with Crippen molar-refractivity contribution >= 4 is 56.8 Å². The van der Waals surface area contributed by atoms with E-state index < -0.39 is 35.5 Å². The quantitative estimate of drug-likeness (QED) is 0.484. The molecule has 0 radical (unpaired) electrons. The fourth-order valence-electron chi connectivity index (χ4n) is 6.45. The maximum Gasteiger partial charge on any atom is 0.264 e. The zero-order chi connectivity index (χ0) is 29.5. The summed E-state index contributed by atoms with van der Waals surface area (Å²) in [6.07, 6.45) is 2.66. The fraction of sp³-hybridized carbons (Fsp3) is 0.433. The Morgan fingerprint density at radius 1 is 0.929 bits per heavy atom. The predicted octanol–water partition coefficient (Wildman–Crippen LogP) is 2.94. The standard InChI is InChI=1S/C30H31BrFN5O5/c31-19-2-1-3-21(14-19)36-13-12-34(17-26(36)39)9-6-18-7-10-35(11-8-18)24-16-20(32)15-22-27(24)30(42)37(29(22)41)23-4-5-25(38)33-28(23)40/h1-3,14-16,18,23H,4-13,17H2,(H,33,38,40). The van der Waals surface area contributed by atoms with Gasteiger partial charge in [-0.2, -0.15) is 0 Å². The number of piperazine rings is 1. The van der Waals surface area contributed by atoms with E-state index in [0.29, 0.717) is 37.8 Å². The van der Waals surface area contributed by atoms with Gasteiger partial charge in [0.05, 0.1) is 23.4 Å². The zero-order valence-electron chi connectivity index (χ0n) is 23.0. The lowest BCUT2D eigenvalue weighted by atomic mass is 9.92. The first kappa shape index (κ1) is 28.5. The molecule has 0 bridgehead atoms. The Labute approximate surface area is 250 Å². The number of piperidine rings is 2. The van der Waals surface area contributed by atoms with Gasteiger partial charge in [-0.3, -0.25) is 39.1 Å². The van der Waals surface area contributed by atoms with Crippen molar-refractivity contribution in [3.63, 3.8) is 0 Å². The normalized spacial score (nSPS) is 22.2. The van der Waals surface area contributed by atoms with Gasteiger partial charge < -0.3 is 9.80 Å². The number of nitrogens with zero attached hydrogens (tertiary/aromatic N) is 4. The SMILES string of the molecule is O=C1CCC(N2C(=O)c3cc(F)cc(N4CCC(CCN5CCN(c6cccc(Br)c6)C(=O)C5)CC4)c3C2=O)C(=O)N1. The van der Waals surface area contributed by atoms with Crippen LogP contribution in [0.5, 0.6) is 0 Å². The van der Waals surface area contributed by atoms with Gasteiger partial charge >= 0.3 is 0 Å². The van der Waals surface area contributed by atoms with Gasteiger partial charge in [0.1, 0.15) is 11.9 Å². The van der Waals surface area contributed by atoms with Crippen LogP contribution in [0.15, 0.2) is 40.9 Å². The smallest absolute Gasteiger partial charge is 0.264 e. The van der Waals surface area contributed by atoms with Crippen LogP contribution in [0.25, 0.3) is 0 Å². The fourth-order valence-corrected chi connectivity index (χ4v) is 6.83. The third-order valence-corrected chi connectivity index (χ3v) is 9.21. The molecule has 6 rings (SSSR count). The van der Waals surface area contributed by atoms with E-state index in [-0.39, 0.29) is 29.9 Å². The molecular formula is C30H31BrFN5O5. The molecule has 1 atom stereocenters. The summed E-state index contributed by atoms with van der Waals surface area (Å²) in [5, 5.41) is 2.18. The van der Waals surface area contributed by atoms with Gasteiger partial charge in [-0.05, 0) is 68.5 Å². The molecule has 0 aromatic heterocycles. The second-order valence-corrected chi connectivity index (χ2v) is 12.2. The molecule has 42 heavy (non-hydrogen) atoms. The lowest BCUT2D eigenvalue weighted by Crippen LogP contribution is -2.54. The summed E-state index contributed by atoms with van der Waals surface area (Å²) in [5.74, 6) is -2.61. The van der Waals surface area contributed by atoms with Crippen LogP contribution in [0, 0.1) is 11.7 Å². The second kappa shape index (κ2) is 11.6. The van der Waals surface area contributed by atoms with Crippen molar-refractivity contribution in [2.75, 3.05) is 49.1 Å². The van der Waals surface area contributed by atoms with Crippen molar-refractivity contribution in [3.8, 4) is 0 Å². The Hall–Kier alpha value is -3.64. The van der Waals surface area contributed by atoms with Gasteiger partial charge in [0.2, 0.25) is 17.7 Å². The molecule has 3 fully saturated rings. The molecule has 1 unspecified atom stereocenters. The Bertz CT molecular complexity index is 1480. The van der Waals surface area contributed by atoms with Crippen LogP contribution in [-0.4, -0.2) is 84.6 Å². The second-order valence-electron chi connectivity index (χ2n) is 11.3. The number of anilines is 2. The number of rotatable bonds is 6. The largest absolute Gasteiger partial charge is 0.371 e. The van der Waals surface area contributed by atoms with Crippen molar-refractivity contribution in [2.45, 2.75) is 38.1 Å². The summed E-state index contributed by atoms with van der Waals surface area (Å²) in [6, 6.07) is 8.99. The molecule has 2 aromatic rings. The van der Waals surface area contributed by atoms with E-state index >= 15 is 0 Å². The molecule has 10 nitrogen and oxygen atoms in total. The van der Waals surface area contributed by atoms with Crippen LogP contribution >= 0.6 is 15.9 Å². The Morgan fingerprint density at radius 3 is 2.43 bits per heavy atom. The molecule has 2 aromatic carbocycles. The molecule has 4 heterocycles. The van der Waals surface area contributed by atoms with Crippen LogP contribution in [0.4, 0.5) is 15.8 Å². The number of carbonyl (C=O) groups excluding carboxylic acids is 5. The lowest BCUT2D eigenvalue weighted by Gasteiger charge is -2.37. The Balaban J connectivity index is 1.06. The number of hydrogen-bond acceptors (Lipinski definition) is 7. The average molecular weight is 641 g/mol. The first-order chi connectivity index (χ1) is 20.2. The van der Waals surface area contributed by atoms with Crippen molar-refractivity contribution < 1.29 is 28.4 Å². The van der Waals surface area contributed by atoms with E-state index in [0.717, 1.165) is 53.5 Å². The number of carbonyl (C=O) groups is 5. The number of nitrogens with one attached hydrogen (secondary N) is 1. The van der Waals surface area contributed by atoms with Crippen LogP contribution < -0.4 is 15.1 Å². The predicted molar refractivity (Wildman–Crippen MR) is 156 cm³/mol. The Kier molecular flexibility index (Phi) is 7.84. The van der Waals surface area contributed by atoms with E-state index in [4.69, 9.17) is 0 Å². The molecule has 1 N–H and O–H groups in total. The number of benzene rings is 2. The molecule has 220 valence electrons. The number of amides is 5. The summed E-state index contributed by atoms with van der Waals surface area (Å²) in [7, 11) is 0. The molecule has 3 saturated heterocycles. The van der Waals surface area contributed by atoms with Crippen LogP contribution in [0.2, 0.25) is 0 Å². The van der Waals surface area contributed by atoms with Crippen molar-refractivity contribution in [1.82, 2.24) is 15.1 Å². The van der Waals surface area contributed by atoms with Gasteiger partial charge in [0, 0.05) is 42.8 Å². The topological polar surface area (TPSA) is 110 Å². The number of hydrogen-bond donors (Lipinski definition) is 1.